The molecular weight excluding hydrogens is 258 g/mol. The Balaban J connectivity index is 2.06. The van der Waals surface area contributed by atoms with E-state index in [1.54, 1.807) is 0 Å². The number of anilines is 1. The molecule has 0 atom stereocenters. The third-order valence-electron chi connectivity index (χ3n) is 3.45. The van der Waals surface area contributed by atoms with Gasteiger partial charge in [0.25, 0.3) is 0 Å². The topological polar surface area (TPSA) is 28.2 Å². The number of hydrogen-bond acceptors (Lipinski definition) is 3. The fourth-order valence-corrected chi connectivity index (χ4v) is 2.38. The molecule has 3 nitrogen and oxygen atoms in total. The molecule has 0 amide bonds. The van der Waals surface area contributed by atoms with E-state index < -0.39 is 0 Å². The zero-order valence-electron chi connectivity index (χ0n) is 13.4. The Morgan fingerprint density at radius 2 is 1.86 bits per heavy atom. The molecule has 0 saturated carbocycles. The van der Waals surface area contributed by atoms with Crippen molar-refractivity contribution in [3.63, 3.8) is 0 Å². The summed E-state index contributed by atoms with van der Waals surface area (Å²) in [5.41, 5.74) is 3.75. The molecule has 21 heavy (non-hydrogen) atoms. The number of aryl methyl sites for hydroxylation is 1. The van der Waals surface area contributed by atoms with Crippen LogP contribution >= 0.6 is 0 Å². The summed E-state index contributed by atoms with van der Waals surface area (Å²) in [6.45, 7) is 8.18. The van der Waals surface area contributed by atoms with E-state index in [2.05, 4.69) is 73.4 Å². The Morgan fingerprint density at radius 1 is 1.14 bits per heavy atom. The maximum Gasteiger partial charge on any atom is 0.131 e. The van der Waals surface area contributed by atoms with Crippen LogP contribution in [-0.4, -0.2) is 18.1 Å². The second-order valence-electron chi connectivity index (χ2n) is 5.86. The summed E-state index contributed by atoms with van der Waals surface area (Å²) in [6.07, 6.45) is 1.97. The van der Waals surface area contributed by atoms with Crippen LogP contribution in [0.5, 0.6) is 0 Å². The predicted molar refractivity (Wildman–Crippen MR) is 89.5 cm³/mol. The molecule has 0 saturated heterocycles. The quantitative estimate of drug-likeness (QED) is 0.879. The van der Waals surface area contributed by atoms with Crippen LogP contribution in [0, 0.1) is 6.92 Å². The van der Waals surface area contributed by atoms with Crippen LogP contribution in [0.3, 0.4) is 0 Å². The number of nitrogens with zero attached hydrogens (tertiary/aromatic N) is 2. The van der Waals surface area contributed by atoms with Gasteiger partial charge in [0.1, 0.15) is 5.82 Å². The van der Waals surface area contributed by atoms with E-state index in [1.165, 1.54) is 16.7 Å². The molecular formula is C18H25N3. The predicted octanol–water partition coefficient (Wildman–Crippen LogP) is 3.52. The molecule has 1 aromatic carbocycles. The first-order valence-electron chi connectivity index (χ1n) is 7.50. The minimum atomic E-state index is 0.491. The fourth-order valence-electron chi connectivity index (χ4n) is 2.38. The Bertz CT molecular complexity index is 564. The maximum absolute atomic E-state index is 4.64. The van der Waals surface area contributed by atoms with Gasteiger partial charge in [0, 0.05) is 32.4 Å². The van der Waals surface area contributed by atoms with Crippen LogP contribution < -0.4 is 10.2 Å². The molecule has 2 aromatic rings. The van der Waals surface area contributed by atoms with Gasteiger partial charge in [0.15, 0.2) is 0 Å². The summed E-state index contributed by atoms with van der Waals surface area (Å²) in [4.78, 5) is 6.84. The zero-order valence-corrected chi connectivity index (χ0v) is 13.4. The van der Waals surface area contributed by atoms with E-state index in [0.29, 0.717) is 6.04 Å². The first kappa shape index (κ1) is 15.5. The minimum Gasteiger partial charge on any atom is -0.355 e. The molecule has 1 N–H and O–H groups in total. The van der Waals surface area contributed by atoms with Crippen molar-refractivity contribution in [3.05, 3.63) is 59.3 Å². The minimum absolute atomic E-state index is 0.491. The van der Waals surface area contributed by atoms with Crippen molar-refractivity contribution in [1.82, 2.24) is 10.3 Å². The molecule has 0 radical (unpaired) electrons. The highest BCUT2D eigenvalue weighted by molar-refractivity contribution is 5.47. The van der Waals surface area contributed by atoms with Crippen molar-refractivity contribution in [2.75, 3.05) is 11.9 Å². The number of nitrogens with one attached hydrogen (secondary N) is 1. The lowest BCUT2D eigenvalue weighted by Crippen LogP contribution is -2.22. The van der Waals surface area contributed by atoms with E-state index in [-0.39, 0.29) is 0 Å². The SMILES string of the molecule is Cc1cc(CNC(C)C)cnc1N(C)Cc1ccccc1. The highest BCUT2D eigenvalue weighted by Gasteiger charge is 2.08. The van der Waals surface area contributed by atoms with Crippen molar-refractivity contribution >= 4 is 5.82 Å². The molecule has 112 valence electrons. The van der Waals surface area contributed by atoms with Crippen LogP contribution in [-0.2, 0) is 13.1 Å². The Labute approximate surface area is 128 Å². The highest BCUT2D eigenvalue weighted by atomic mass is 15.2. The summed E-state index contributed by atoms with van der Waals surface area (Å²) >= 11 is 0. The van der Waals surface area contributed by atoms with Gasteiger partial charge in [0.2, 0.25) is 0 Å². The van der Waals surface area contributed by atoms with Crippen LogP contribution in [0.2, 0.25) is 0 Å². The van der Waals surface area contributed by atoms with Crippen LogP contribution in [0.15, 0.2) is 42.6 Å². The van der Waals surface area contributed by atoms with Crippen LogP contribution in [0.25, 0.3) is 0 Å². The molecule has 3 heteroatoms. The van der Waals surface area contributed by atoms with Crippen molar-refractivity contribution < 1.29 is 0 Å². The van der Waals surface area contributed by atoms with Crippen molar-refractivity contribution in [3.8, 4) is 0 Å². The second kappa shape index (κ2) is 7.23. The standard InChI is InChI=1S/C18H25N3/c1-14(2)19-11-17-10-15(3)18(20-12-17)21(4)13-16-8-6-5-7-9-16/h5-10,12,14,19H,11,13H2,1-4H3. The molecule has 1 heterocycles. The lowest BCUT2D eigenvalue weighted by molar-refractivity contribution is 0.587. The van der Waals surface area contributed by atoms with Gasteiger partial charge in [-0.1, -0.05) is 44.2 Å². The molecule has 2 rings (SSSR count). The van der Waals surface area contributed by atoms with Gasteiger partial charge in [0.05, 0.1) is 0 Å². The largest absolute Gasteiger partial charge is 0.355 e. The van der Waals surface area contributed by atoms with Crippen molar-refractivity contribution in [2.24, 2.45) is 0 Å². The lowest BCUT2D eigenvalue weighted by Gasteiger charge is -2.21. The van der Waals surface area contributed by atoms with Gasteiger partial charge in [-0.25, -0.2) is 4.98 Å². The number of pyridine rings is 1. The first-order valence-corrected chi connectivity index (χ1v) is 7.50. The number of aromatic nitrogens is 1. The molecule has 0 spiro atoms. The second-order valence-corrected chi connectivity index (χ2v) is 5.86. The van der Waals surface area contributed by atoms with E-state index >= 15 is 0 Å². The van der Waals surface area contributed by atoms with Gasteiger partial charge in [-0.05, 0) is 29.7 Å². The normalized spacial score (nSPS) is 10.9. The van der Waals surface area contributed by atoms with Gasteiger partial charge in [-0.2, -0.15) is 0 Å². The molecule has 0 unspecified atom stereocenters. The van der Waals surface area contributed by atoms with Gasteiger partial charge in [-0.15, -0.1) is 0 Å². The summed E-state index contributed by atoms with van der Waals surface area (Å²) in [7, 11) is 2.09. The summed E-state index contributed by atoms with van der Waals surface area (Å²) < 4.78 is 0. The molecule has 0 bridgehead atoms. The van der Waals surface area contributed by atoms with Crippen molar-refractivity contribution in [1.29, 1.82) is 0 Å². The Hall–Kier alpha value is -1.87. The average Bonchev–Trinajstić information content (AvgIpc) is 2.46. The molecule has 0 fully saturated rings. The van der Waals surface area contributed by atoms with Gasteiger partial charge in [-0.3, -0.25) is 0 Å². The number of rotatable bonds is 6. The molecule has 1 aromatic heterocycles. The fraction of sp³-hybridized carbons (Fsp3) is 0.389. The number of benzene rings is 1. The highest BCUT2D eigenvalue weighted by Crippen LogP contribution is 2.18. The third-order valence-corrected chi connectivity index (χ3v) is 3.45. The van der Waals surface area contributed by atoms with Gasteiger partial charge < -0.3 is 10.2 Å². The average molecular weight is 283 g/mol. The van der Waals surface area contributed by atoms with Crippen molar-refractivity contribution in [2.45, 2.75) is 39.9 Å². The molecule has 0 aliphatic heterocycles. The smallest absolute Gasteiger partial charge is 0.131 e. The molecule has 0 aliphatic rings. The van der Waals surface area contributed by atoms with Crippen LogP contribution in [0.4, 0.5) is 5.82 Å². The number of hydrogen-bond donors (Lipinski definition) is 1. The van der Waals surface area contributed by atoms with Crippen LogP contribution in [0.1, 0.15) is 30.5 Å². The first-order chi connectivity index (χ1) is 10.1. The summed E-state index contributed by atoms with van der Waals surface area (Å²) in [5, 5.41) is 3.42. The van der Waals surface area contributed by atoms with Gasteiger partial charge >= 0.3 is 0 Å². The maximum atomic E-state index is 4.64. The van der Waals surface area contributed by atoms with E-state index in [0.717, 1.165) is 18.9 Å². The Kier molecular flexibility index (Phi) is 5.34. The summed E-state index contributed by atoms with van der Waals surface area (Å²) in [5.74, 6) is 1.05. The van der Waals surface area contributed by atoms with E-state index in [1.807, 2.05) is 12.3 Å². The third kappa shape index (κ3) is 4.57. The summed E-state index contributed by atoms with van der Waals surface area (Å²) in [6, 6.07) is 13.2. The van der Waals surface area contributed by atoms with E-state index in [9.17, 15) is 0 Å². The van der Waals surface area contributed by atoms with E-state index in [4.69, 9.17) is 0 Å². The zero-order chi connectivity index (χ0) is 15.2. The Morgan fingerprint density at radius 3 is 2.48 bits per heavy atom. The monoisotopic (exact) mass is 283 g/mol. The molecule has 0 aliphatic carbocycles. The lowest BCUT2D eigenvalue weighted by atomic mass is 10.1.